The number of esters is 2. The van der Waals surface area contributed by atoms with Crippen molar-refractivity contribution in [1.82, 2.24) is 4.90 Å². The first-order valence-corrected chi connectivity index (χ1v) is 6.47. The predicted octanol–water partition coefficient (Wildman–Crippen LogP) is 0.939. The van der Waals surface area contributed by atoms with Crippen molar-refractivity contribution >= 4 is 23.3 Å². The van der Waals surface area contributed by atoms with Gasteiger partial charge in [-0.05, 0) is 28.8 Å². The summed E-state index contributed by atoms with van der Waals surface area (Å²) in [7, 11) is 2.66. The van der Waals surface area contributed by atoms with E-state index < -0.39 is 0 Å². The minimum absolute atomic E-state index is 0.0930. The fourth-order valence-electron chi connectivity index (χ4n) is 1.43. The van der Waals surface area contributed by atoms with Gasteiger partial charge in [-0.2, -0.15) is 11.3 Å². The van der Waals surface area contributed by atoms with Crippen molar-refractivity contribution in [3.05, 3.63) is 22.4 Å². The molecule has 0 unspecified atom stereocenters. The monoisotopic (exact) mass is 271 g/mol. The largest absolute Gasteiger partial charge is 0.468 e. The van der Waals surface area contributed by atoms with Crippen LogP contribution in [-0.4, -0.2) is 50.7 Å². The maximum atomic E-state index is 11.2. The Bertz CT molecular complexity index is 359. The third-order valence-corrected chi connectivity index (χ3v) is 3.19. The maximum absolute atomic E-state index is 11.2. The molecule has 0 aliphatic heterocycles. The van der Waals surface area contributed by atoms with Gasteiger partial charge in [-0.25, -0.2) is 0 Å². The molecule has 1 rings (SSSR count). The van der Waals surface area contributed by atoms with E-state index in [2.05, 4.69) is 14.9 Å². The van der Waals surface area contributed by atoms with Crippen molar-refractivity contribution in [2.45, 2.75) is 6.42 Å². The van der Waals surface area contributed by atoms with Crippen LogP contribution in [0.25, 0.3) is 0 Å². The summed E-state index contributed by atoms with van der Waals surface area (Å²) < 4.78 is 9.20. The van der Waals surface area contributed by atoms with E-state index >= 15 is 0 Å². The minimum atomic E-state index is -0.357. The molecule has 100 valence electrons. The molecule has 0 atom stereocenters. The van der Waals surface area contributed by atoms with E-state index in [0.29, 0.717) is 6.54 Å². The summed E-state index contributed by atoms with van der Waals surface area (Å²) >= 11 is 1.63. The Labute approximate surface area is 110 Å². The van der Waals surface area contributed by atoms with Crippen LogP contribution in [0.5, 0.6) is 0 Å². The lowest BCUT2D eigenvalue weighted by atomic mass is 10.2. The first-order valence-electron chi connectivity index (χ1n) is 5.52. The molecule has 18 heavy (non-hydrogen) atoms. The number of thiophene rings is 1. The topological polar surface area (TPSA) is 55.8 Å². The molecule has 0 bridgehead atoms. The standard InChI is InChI=1S/C12H17NO4S/c1-16-11(14)7-13(8-12(15)17-2)5-3-10-4-6-18-9-10/h4,6,9H,3,5,7-8H2,1-2H3. The second kappa shape index (κ2) is 7.84. The number of hydrogen-bond donors (Lipinski definition) is 0. The quantitative estimate of drug-likeness (QED) is 0.691. The number of nitrogens with zero attached hydrogens (tertiary/aromatic N) is 1. The van der Waals surface area contributed by atoms with Crippen molar-refractivity contribution in [3.8, 4) is 0 Å². The van der Waals surface area contributed by atoms with E-state index in [1.807, 2.05) is 11.4 Å². The highest BCUT2D eigenvalue weighted by Crippen LogP contribution is 2.07. The normalized spacial score (nSPS) is 10.4. The molecule has 0 N–H and O–H groups in total. The van der Waals surface area contributed by atoms with Gasteiger partial charge in [0, 0.05) is 6.54 Å². The van der Waals surface area contributed by atoms with Gasteiger partial charge >= 0.3 is 11.9 Å². The number of ether oxygens (including phenoxy) is 2. The predicted molar refractivity (Wildman–Crippen MR) is 68.5 cm³/mol. The zero-order valence-corrected chi connectivity index (χ0v) is 11.4. The average molecular weight is 271 g/mol. The van der Waals surface area contributed by atoms with E-state index in [1.165, 1.54) is 19.8 Å². The Kier molecular flexibility index (Phi) is 6.38. The summed E-state index contributed by atoms with van der Waals surface area (Å²) in [6.45, 7) is 0.798. The van der Waals surface area contributed by atoms with Crippen LogP contribution in [0.4, 0.5) is 0 Å². The minimum Gasteiger partial charge on any atom is -0.468 e. The molecule has 1 heterocycles. The lowest BCUT2D eigenvalue weighted by Gasteiger charge is -2.19. The Balaban J connectivity index is 2.47. The van der Waals surface area contributed by atoms with Crippen LogP contribution in [-0.2, 0) is 25.5 Å². The van der Waals surface area contributed by atoms with Crippen molar-refractivity contribution in [2.75, 3.05) is 33.9 Å². The summed E-state index contributed by atoms with van der Waals surface area (Å²) in [4.78, 5) is 24.2. The van der Waals surface area contributed by atoms with Crippen LogP contribution in [0.3, 0.4) is 0 Å². The van der Waals surface area contributed by atoms with Gasteiger partial charge in [0.25, 0.3) is 0 Å². The van der Waals surface area contributed by atoms with Gasteiger partial charge in [-0.15, -0.1) is 0 Å². The smallest absolute Gasteiger partial charge is 0.319 e. The Morgan fingerprint density at radius 2 is 1.83 bits per heavy atom. The van der Waals surface area contributed by atoms with E-state index in [1.54, 1.807) is 16.2 Å². The third-order valence-electron chi connectivity index (χ3n) is 2.46. The molecule has 0 fully saturated rings. The molecular formula is C12H17NO4S. The summed E-state index contributed by atoms with van der Waals surface area (Å²) in [5.41, 5.74) is 1.19. The molecule has 0 saturated heterocycles. The zero-order valence-electron chi connectivity index (χ0n) is 10.5. The fraction of sp³-hybridized carbons (Fsp3) is 0.500. The molecule has 0 amide bonds. The number of rotatable bonds is 7. The van der Waals surface area contributed by atoms with E-state index in [9.17, 15) is 9.59 Å². The molecule has 1 aromatic rings. The molecule has 5 nitrogen and oxygen atoms in total. The molecule has 6 heteroatoms. The van der Waals surface area contributed by atoms with Crippen molar-refractivity contribution < 1.29 is 19.1 Å². The SMILES string of the molecule is COC(=O)CN(CCc1ccsc1)CC(=O)OC. The number of methoxy groups -OCH3 is 2. The lowest BCUT2D eigenvalue weighted by molar-refractivity contribution is -0.145. The molecule has 0 radical (unpaired) electrons. The van der Waals surface area contributed by atoms with Crippen LogP contribution in [0.1, 0.15) is 5.56 Å². The van der Waals surface area contributed by atoms with E-state index in [0.717, 1.165) is 6.42 Å². The third kappa shape index (κ3) is 5.29. The molecule has 1 aromatic heterocycles. The molecule has 0 spiro atoms. The Morgan fingerprint density at radius 1 is 1.22 bits per heavy atom. The fourth-order valence-corrected chi connectivity index (χ4v) is 2.13. The second-order valence-electron chi connectivity index (χ2n) is 3.74. The van der Waals surface area contributed by atoms with Crippen LogP contribution in [0.15, 0.2) is 16.8 Å². The molecule has 0 aromatic carbocycles. The lowest BCUT2D eigenvalue weighted by Crippen LogP contribution is -2.37. The van der Waals surface area contributed by atoms with E-state index in [4.69, 9.17) is 0 Å². The van der Waals surface area contributed by atoms with Gasteiger partial charge in [-0.1, -0.05) is 0 Å². The van der Waals surface area contributed by atoms with Crippen molar-refractivity contribution in [2.24, 2.45) is 0 Å². The number of carbonyl (C=O) groups is 2. The molecular weight excluding hydrogens is 254 g/mol. The highest BCUT2D eigenvalue weighted by molar-refractivity contribution is 7.07. The van der Waals surface area contributed by atoms with Crippen LogP contribution >= 0.6 is 11.3 Å². The maximum Gasteiger partial charge on any atom is 0.319 e. The summed E-state index contributed by atoms with van der Waals surface area (Å²) in [6.07, 6.45) is 0.789. The van der Waals surface area contributed by atoms with Gasteiger partial charge in [0.05, 0.1) is 27.3 Å². The molecule has 0 aliphatic carbocycles. The van der Waals surface area contributed by atoms with Crippen LogP contribution < -0.4 is 0 Å². The number of carbonyl (C=O) groups excluding carboxylic acids is 2. The first-order chi connectivity index (χ1) is 8.65. The van der Waals surface area contributed by atoms with E-state index in [-0.39, 0.29) is 25.0 Å². The van der Waals surface area contributed by atoms with Crippen molar-refractivity contribution in [3.63, 3.8) is 0 Å². The summed E-state index contributed by atoms with van der Waals surface area (Å²) in [5, 5.41) is 4.05. The van der Waals surface area contributed by atoms with Crippen LogP contribution in [0.2, 0.25) is 0 Å². The second-order valence-corrected chi connectivity index (χ2v) is 4.52. The first kappa shape index (κ1) is 14.7. The van der Waals surface area contributed by atoms with Gasteiger partial charge in [0.1, 0.15) is 0 Å². The molecule has 0 saturated carbocycles. The average Bonchev–Trinajstić information content (AvgIpc) is 2.88. The zero-order chi connectivity index (χ0) is 13.4. The number of hydrogen-bond acceptors (Lipinski definition) is 6. The highest BCUT2D eigenvalue weighted by Gasteiger charge is 2.15. The van der Waals surface area contributed by atoms with Gasteiger partial charge < -0.3 is 9.47 Å². The summed E-state index contributed by atoms with van der Waals surface area (Å²) in [6, 6.07) is 2.03. The highest BCUT2D eigenvalue weighted by atomic mass is 32.1. The molecule has 0 aliphatic rings. The van der Waals surface area contributed by atoms with Crippen LogP contribution in [0, 0.1) is 0 Å². The van der Waals surface area contributed by atoms with Crippen molar-refractivity contribution in [1.29, 1.82) is 0 Å². The van der Waals surface area contributed by atoms with Gasteiger partial charge in [-0.3, -0.25) is 14.5 Å². The van der Waals surface area contributed by atoms with Gasteiger partial charge in [0.2, 0.25) is 0 Å². The Morgan fingerprint density at radius 3 is 2.28 bits per heavy atom. The van der Waals surface area contributed by atoms with Gasteiger partial charge in [0.15, 0.2) is 0 Å². The Hall–Kier alpha value is -1.40. The summed E-state index contributed by atoms with van der Waals surface area (Å²) in [5.74, 6) is -0.714.